The van der Waals surface area contributed by atoms with Crippen LogP contribution in [0.5, 0.6) is 0 Å². The Morgan fingerprint density at radius 2 is 1.94 bits per heavy atom. The van der Waals surface area contributed by atoms with Crippen LogP contribution in [-0.2, 0) is 14.3 Å². The first kappa shape index (κ1) is 13.3. The average Bonchev–Trinajstić information content (AvgIpc) is 2.58. The van der Waals surface area contributed by atoms with Crippen molar-refractivity contribution in [2.24, 2.45) is 17.8 Å². The minimum absolute atomic E-state index is 0.0177. The van der Waals surface area contributed by atoms with Gasteiger partial charge in [-0.3, -0.25) is 9.59 Å². The van der Waals surface area contributed by atoms with E-state index < -0.39 is 0 Å². The van der Waals surface area contributed by atoms with Crippen molar-refractivity contribution in [3.63, 3.8) is 0 Å². The highest BCUT2D eigenvalue weighted by molar-refractivity contribution is 5.82. The number of ether oxygens (including phenoxy) is 1. The predicted molar refractivity (Wildman–Crippen MR) is 68.9 cm³/mol. The first-order valence-corrected chi connectivity index (χ1v) is 6.88. The fourth-order valence-electron chi connectivity index (χ4n) is 2.95. The molecule has 0 amide bonds. The van der Waals surface area contributed by atoms with Crippen molar-refractivity contribution >= 4 is 11.8 Å². The summed E-state index contributed by atoms with van der Waals surface area (Å²) >= 11 is 0. The number of rotatable bonds is 0. The number of esters is 1. The van der Waals surface area contributed by atoms with E-state index in [0.29, 0.717) is 12.2 Å². The number of hydrogen-bond acceptors (Lipinski definition) is 3. The summed E-state index contributed by atoms with van der Waals surface area (Å²) in [7, 11) is 0. The van der Waals surface area contributed by atoms with Crippen LogP contribution in [0.1, 0.15) is 46.5 Å². The number of carbonyl (C=O) groups excluding carboxylic acids is 2. The zero-order valence-corrected chi connectivity index (χ0v) is 11.4. The van der Waals surface area contributed by atoms with Crippen LogP contribution in [0.3, 0.4) is 0 Å². The lowest BCUT2D eigenvalue weighted by atomic mass is 9.81. The van der Waals surface area contributed by atoms with Crippen molar-refractivity contribution in [1.82, 2.24) is 0 Å². The number of fused-ring (bicyclic) bond motifs is 1. The molecular weight excluding hydrogens is 228 g/mol. The molecule has 2 rings (SSSR count). The van der Waals surface area contributed by atoms with Gasteiger partial charge in [-0.2, -0.15) is 0 Å². The molecule has 100 valence electrons. The fourth-order valence-corrected chi connectivity index (χ4v) is 2.95. The lowest BCUT2D eigenvalue weighted by molar-refractivity contribution is -0.143. The largest absolute Gasteiger partial charge is 0.461 e. The molecule has 1 heterocycles. The molecule has 0 spiro atoms. The number of hydrogen-bond donors (Lipinski definition) is 0. The fraction of sp³-hybridized carbons (Fsp3) is 0.733. The molecule has 0 aromatic heterocycles. The van der Waals surface area contributed by atoms with Gasteiger partial charge in [-0.15, -0.1) is 0 Å². The SMILES string of the molecule is C/C1=C\CC(=O)[C@H](C)CC[C@@H]2[C@H](C1)OC(=O)[C@H]2C. The monoisotopic (exact) mass is 250 g/mol. The Kier molecular flexibility index (Phi) is 3.88. The number of ketones is 1. The van der Waals surface area contributed by atoms with Crippen LogP contribution in [0.4, 0.5) is 0 Å². The molecule has 2 aliphatic rings. The van der Waals surface area contributed by atoms with Crippen LogP contribution in [0.2, 0.25) is 0 Å². The summed E-state index contributed by atoms with van der Waals surface area (Å²) in [6.45, 7) is 5.96. The molecular formula is C15H22O3. The van der Waals surface area contributed by atoms with Gasteiger partial charge in [0.25, 0.3) is 0 Å². The normalized spacial score (nSPS) is 40.7. The lowest BCUT2D eigenvalue weighted by Crippen LogP contribution is -2.23. The maximum absolute atomic E-state index is 11.9. The van der Waals surface area contributed by atoms with E-state index in [9.17, 15) is 9.59 Å². The van der Waals surface area contributed by atoms with Crippen LogP contribution in [-0.4, -0.2) is 17.9 Å². The molecule has 1 saturated heterocycles. The van der Waals surface area contributed by atoms with Gasteiger partial charge in [0.15, 0.2) is 0 Å². The molecule has 1 aliphatic heterocycles. The Bertz CT molecular complexity index is 383. The van der Waals surface area contributed by atoms with Gasteiger partial charge < -0.3 is 4.74 Å². The van der Waals surface area contributed by atoms with Gasteiger partial charge in [0.1, 0.15) is 11.9 Å². The van der Waals surface area contributed by atoms with Crippen molar-refractivity contribution in [3.05, 3.63) is 11.6 Å². The summed E-state index contributed by atoms with van der Waals surface area (Å²) in [5.41, 5.74) is 1.16. The molecule has 3 nitrogen and oxygen atoms in total. The summed E-state index contributed by atoms with van der Waals surface area (Å²) in [5, 5.41) is 0. The van der Waals surface area contributed by atoms with E-state index in [4.69, 9.17) is 4.74 Å². The van der Waals surface area contributed by atoms with Gasteiger partial charge >= 0.3 is 5.97 Å². The van der Waals surface area contributed by atoms with Gasteiger partial charge in [-0.1, -0.05) is 25.5 Å². The first-order chi connectivity index (χ1) is 8.49. The highest BCUT2D eigenvalue weighted by Gasteiger charge is 2.41. The zero-order chi connectivity index (χ0) is 13.3. The van der Waals surface area contributed by atoms with Crippen molar-refractivity contribution in [2.45, 2.75) is 52.6 Å². The van der Waals surface area contributed by atoms with Crippen molar-refractivity contribution in [2.75, 3.05) is 0 Å². The molecule has 1 aliphatic carbocycles. The van der Waals surface area contributed by atoms with Gasteiger partial charge in [0, 0.05) is 24.7 Å². The predicted octanol–water partition coefficient (Wildman–Crippen LogP) is 2.89. The van der Waals surface area contributed by atoms with Gasteiger partial charge in [-0.25, -0.2) is 0 Å². The Balaban J connectivity index is 2.19. The molecule has 0 aromatic rings. The molecule has 0 saturated carbocycles. The Hall–Kier alpha value is -1.12. The molecule has 0 aromatic carbocycles. The number of allylic oxidation sites excluding steroid dienone is 1. The topological polar surface area (TPSA) is 43.4 Å². The van der Waals surface area contributed by atoms with E-state index in [1.807, 2.05) is 26.8 Å². The Morgan fingerprint density at radius 3 is 2.67 bits per heavy atom. The minimum Gasteiger partial charge on any atom is -0.461 e. The lowest BCUT2D eigenvalue weighted by Gasteiger charge is -2.22. The van der Waals surface area contributed by atoms with E-state index in [1.165, 1.54) is 0 Å². The molecule has 0 bridgehead atoms. The second-order valence-corrected chi connectivity index (χ2v) is 5.83. The van der Waals surface area contributed by atoms with Crippen LogP contribution in [0.15, 0.2) is 11.6 Å². The maximum atomic E-state index is 11.9. The quantitative estimate of drug-likeness (QED) is 0.490. The number of carbonyl (C=O) groups is 2. The summed E-state index contributed by atoms with van der Waals surface area (Å²) in [4.78, 5) is 23.6. The standard InChI is InChI=1S/C15H22O3/c1-9-4-7-13(16)10(2)5-6-12-11(3)15(17)18-14(12)8-9/h4,10-12,14H,5-8H2,1-3H3/b9-4+/t10-,11+,12+,14+/m1/s1. The highest BCUT2D eigenvalue weighted by atomic mass is 16.6. The average molecular weight is 250 g/mol. The molecule has 18 heavy (non-hydrogen) atoms. The molecule has 0 radical (unpaired) electrons. The van der Waals surface area contributed by atoms with Gasteiger partial charge in [0.2, 0.25) is 0 Å². The molecule has 3 heteroatoms. The first-order valence-electron chi connectivity index (χ1n) is 6.88. The van der Waals surface area contributed by atoms with E-state index >= 15 is 0 Å². The minimum atomic E-state index is -0.0731. The third-order valence-corrected chi connectivity index (χ3v) is 4.42. The molecule has 0 unspecified atom stereocenters. The third kappa shape index (κ3) is 2.65. The highest BCUT2D eigenvalue weighted by Crippen LogP contribution is 2.36. The van der Waals surface area contributed by atoms with Gasteiger partial charge in [-0.05, 0) is 19.8 Å². The van der Waals surface area contributed by atoms with E-state index in [1.54, 1.807) is 0 Å². The Labute approximate surface area is 109 Å². The van der Waals surface area contributed by atoms with Crippen LogP contribution < -0.4 is 0 Å². The van der Waals surface area contributed by atoms with Crippen LogP contribution in [0.25, 0.3) is 0 Å². The van der Waals surface area contributed by atoms with E-state index in [-0.39, 0.29) is 29.8 Å². The van der Waals surface area contributed by atoms with Crippen LogP contribution >= 0.6 is 0 Å². The van der Waals surface area contributed by atoms with Crippen molar-refractivity contribution in [3.8, 4) is 0 Å². The van der Waals surface area contributed by atoms with Crippen molar-refractivity contribution in [1.29, 1.82) is 0 Å². The smallest absolute Gasteiger partial charge is 0.309 e. The second kappa shape index (κ2) is 5.25. The summed E-state index contributed by atoms with van der Waals surface area (Å²) in [6, 6.07) is 0. The Morgan fingerprint density at radius 1 is 1.22 bits per heavy atom. The number of Topliss-reactive ketones (excluding diaryl/α,β-unsaturated/α-hetero) is 1. The third-order valence-electron chi connectivity index (χ3n) is 4.42. The summed E-state index contributed by atoms with van der Waals surface area (Å²) in [5.74, 6) is 0.580. The van der Waals surface area contributed by atoms with Crippen molar-refractivity contribution < 1.29 is 14.3 Å². The molecule has 1 fully saturated rings. The molecule has 0 N–H and O–H groups in total. The maximum Gasteiger partial charge on any atom is 0.309 e. The second-order valence-electron chi connectivity index (χ2n) is 5.83. The summed E-state index contributed by atoms with van der Waals surface area (Å²) < 4.78 is 5.48. The zero-order valence-electron chi connectivity index (χ0n) is 11.4. The van der Waals surface area contributed by atoms with Gasteiger partial charge in [0.05, 0.1) is 5.92 Å². The summed E-state index contributed by atoms with van der Waals surface area (Å²) in [6.07, 6.45) is 5.10. The van der Waals surface area contributed by atoms with Crippen LogP contribution in [0, 0.1) is 17.8 Å². The van der Waals surface area contributed by atoms with E-state index in [0.717, 1.165) is 24.8 Å². The molecule has 4 atom stereocenters. The van der Waals surface area contributed by atoms with E-state index in [2.05, 4.69) is 0 Å².